The lowest BCUT2D eigenvalue weighted by Gasteiger charge is -2.13. The number of thiophene rings is 1. The van der Waals surface area contributed by atoms with Gasteiger partial charge < -0.3 is 10.4 Å². The Morgan fingerprint density at radius 2 is 2.25 bits per heavy atom. The zero-order chi connectivity index (χ0) is 12.3. The average Bonchev–Trinajstić information content (AvgIpc) is 2.53. The van der Waals surface area contributed by atoms with Crippen molar-refractivity contribution in [3.63, 3.8) is 0 Å². The third-order valence-corrected chi connectivity index (χ3v) is 3.45. The van der Waals surface area contributed by atoms with Crippen molar-refractivity contribution in [3.05, 3.63) is 33.5 Å². The lowest BCUT2D eigenvalue weighted by molar-refractivity contribution is -0.132. The first-order valence-corrected chi connectivity index (χ1v) is 5.95. The maximum Gasteiger partial charge on any atom is 0.332 e. The Kier molecular flexibility index (Phi) is 4.26. The van der Waals surface area contributed by atoms with Gasteiger partial charge in [-0.05, 0) is 32.4 Å². The molecule has 2 N–H and O–H groups in total. The number of carboxylic acids is 1. The minimum atomic E-state index is -0.946. The Morgan fingerprint density at radius 3 is 2.69 bits per heavy atom. The van der Waals surface area contributed by atoms with E-state index in [0.717, 1.165) is 0 Å². The van der Waals surface area contributed by atoms with E-state index in [1.165, 1.54) is 15.3 Å². The summed E-state index contributed by atoms with van der Waals surface area (Å²) < 4.78 is 0. The van der Waals surface area contributed by atoms with Crippen LogP contribution in [0.5, 0.6) is 0 Å². The van der Waals surface area contributed by atoms with E-state index in [1.54, 1.807) is 11.3 Å². The number of carbonyl (C=O) groups is 1. The van der Waals surface area contributed by atoms with Crippen LogP contribution in [0.3, 0.4) is 0 Å². The first-order chi connectivity index (χ1) is 7.41. The molecule has 1 aromatic rings. The molecule has 0 aromatic carbocycles. The second kappa shape index (κ2) is 5.27. The van der Waals surface area contributed by atoms with Crippen molar-refractivity contribution >= 4 is 17.3 Å². The molecule has 88 valence electrons. The van der Waals surface area contributed by atoms with Gasteiger partial charge in [-0.15, -0.1) is 11.3 Å². The summed E-state index contributed by atoms with van der Waals surface area (Å²) in [6.45, 7) is 9.98. The van der Waals surface area contributed by atoms with Gasteiger partial charge in [0.05, 0.1) is 0 Å². The zero-order valence-electron chi connectivity index (χ0n) is 9.83. The molecule has 0 aliphatic heterocycles. The summed E-state index contributed by atoms with van der Waals surface area (Å²) in [6.07, 6.45) is 0. The molecule has 0 aliphatic carbocycles. The first-order valence-electron chi connectivity index (χ1n) is 5.13. The highest BCUT2D eigenvalue weighted by molar-refractivity contribution is 7.12. The predicted octanol–water partition coefficient (Wildman–Crippen LogP) is 2.66. The van der Waals surface area contributed by atoms with Crippen molar-refractivity contribution in [2.75, 3.05) is 6.54 Å². The molecule has 0 radical (unpaired) electrons. The number of hydrogen-bond acceptors (Lipinski definition) is 3. The zero-order valence-corrected chi connectivity index (χ0v) is 10.6. The van der Waals surface area contributed by atoms with Crippen LogP contribution in [0.4, 0.5) is 0 Å². The third-order valence-electron chi connectivity index (χ3n) is 2.47. The molecule has 0 saturated carbocycles. The van der Waals surface area contributed by atoms with Crippen LogP contribution in [0, 0.1) is 13.8 Å². The molecule has 4 heteroatoms. The van der Waals surface area contributed by atoms with Crippen molar-refractivity contribution in [2.24, 2.45) is 0 Å². The van der Waals surface area contributed by atoms with E-state index in [4.69, 9.17) is 5.11 Å². The number of aliphatic carboxylic acids is 1. The van der Waals surface area contributed by atoms with Gasteiger partial charge in [0.15, 0.2) is 0 Å². The molecule has 16 heavy (non-hydrogen) atoms. The Hall–Kier alpha value is -1.13. The number of carboxylic acid groups (broad SMARTS) is 1. The van der Waals surface area contributed by atoms with Crippen LogP contribution in [0.15, 0.2) is 18.2 Å². The van der Waals surface area contributed by atoms with Gasteiger partial charge in [-0.1, -0.05) is 6.58 Å². The molecule has 1 atom stereocenters. The average molecular weight is 239 g/mol. The van der Waals surface area contributed by atoms with Gasteiger partial charge in [-0.2, -0.15) is 0 Å². The smallest absolute Gasteiger partial charge is 0.332 e. The fourth-order valence-corrected chi connectivity index (χ4v) is 2.56. The van der Waals surface area contributed by atoms with E-state index >= 15 is 0 Å². The standard InChI is InChI=1S/C12H17NO2S/c1-7(12(14)15)6-13-9(3)11-5-8(2)16-10(11)4/h5,9,13H,1,6H2,2-4H3,(H,14,15). The molecule has 1 rings (SSSR count). The van der Waals surface area contributed by atoms with Gasteiger partial charge in [0.1, 0.15) is 0 Å². The largest absolute Gasteiger partial charge is 0.478 e. The van der Waals surface area contributed by atoms with Gasteiger partial charge >= 0.3 is 5.97 Å². The van der Waals surface area contributed by atoms with E-state index in [9.17, 15) is 4.79 Å². The summed E-state index contributed by atoms with van der Waals surface area (Å²) >= 11 is 1.76. The fraction of sp³-hybridized carbons (Fsp3) is 0.417. The maximum absolute atomic E-state index is 10.6. The van der Waals surface area contributed by atoms with Crippen LogP contribution >= 0.6 is 11.3 Å². The number of rotatable bonds is 5. The Balaban J connectivity index is 2.59. The molecule has 1 unspecified atom stereocenters. The van der Waals surface area contributed by atoms with E-state index in [0.29, 0.717) is 6.54 Å². The van der Waals surface area contributed by atoms with Gasteiger partial charge in [0.25, 0.3) is 0 Å². The highest BCUT2D eigenvalue weighted by atomic mass is 32.1. The normalized spacial score (nSPS) is 12.4. The molecular weight excluding hydrogens is 222 g/mol. The van der Waals surface area contributed by atoms with Crippen molar-refractivity contribution < 1.29 is 9.90 Å². The van der Waals surface area contributed by atoms with Crippen LogP contribution < -0.4 is 5.32 Å². The monoisotopic (exact) mass is 239 g/mol. The highest BCUT2D eigenvalue weighted by Crippen LogP contribution is 2.25. The van der Waals surface area contributed by atoms with Crippen LogP contribution in [0.25, 0.3) is 0 Å². The van der Waals surface area contributed by atoms with Crippen molar-refractivity contribution in [2.45, 2.75) is 26.8 Å². The molecule has 3 nitrogen and oxygen atoms in total. The Morgan fingerprint density at radius 1 is 1.62 bits per heavy atom. The van der Waals surface area contributed by atoms with Crippen LogP contribution in [-0.2, 0) is 4.79 Å². The maximum atomic E-state index is 10.6. The second-order valence-electron chi connectivity index (χ2n) is 3.88. The summed E-state index contributed by atoms with van der Waals surface area (Å²) in [6, 6.07) is 2.29. The summed E-state index contributed by atoms with van der Waals surface area (Å²) in [4.78, 5) is 13.1. The quantitative estimate of drug-likeness (QED) is 0.777. The molecule has 0 bridgehead atoms. The molecule has 0 saturated heterocycles. The van der Waals surface area contributed by atoms with Crippen molar-refractivity contribution in [3.8, 4) is 0 Å². The third kappa shape index (κ3) is 3.18. The molecule has 0 fully saturated rings. The van der Waals surface area contributed by atoms with Crippen molar-refractivity contribution in [1.82, 2.24) is 5.32 Å². The molecular formula is C12H17NO2S. The van der Waals surface area contributed by atoms with Gasteiger partial charge in [0.2, 0.25) is 0 Å². The van der Waals surface area contributed by atoms with Crippen LogP contribution in [0.1, 0.15) is 28.3 Å². The highest BCUT2D eigenvalue weighted by Gasteiger charge is 2.12. The molecule has 0 aliphatic rings. The van der Waals surface area contributed by atoms with Crippen molar-refractivity contribution in [1.29, 1.82) is 0 Å². The number of hydrogen-bond donors (Lipinski definition) is 2. The summed E-state index contributed by atoms with van der Waals surface area (Å²) in [5.74, 6) is -0.946. The Bertz CT molecular complexity index is 409. The topological polar surface area (TPSA) is 49.3 Å². The Labute approximate surface area is 99.8 Å². The number of aryl methyl sites for hydroxylation is 2. The minimum Gasteiger partial charge on any atom is -0.478 e. The van der Waals surface area contributed by atoms with Gasteiger partial charge in [-0.25, -0.2) is 4.79 Å². The molecule has 0 amide bonds. The summed E-state index contributed by atoms with van der Waals surface area (Å²) in [5, 5.41) is 11.8. The fourth-order valence-electron chi connectivity index (χ4n) is 1.54. The minimum absolute atomic E-state index is 0.154. The van der Waals surface area contributed by atoms with E-state index in [-0.39, 0.29) is 11.6 Å². The summed E-state index contributed by atoms with van der Waals surface area (Å²) in [5.41, 5.74) is 1.43. The molecule has 1 aromatic heterocycles. The van der Waals surface area contributed by atoms with Crippen LogP contribution in [0.2, 0.25) is 0 Å². The SMILES string of the molecule is C=C(CNC(C)c1cc(C)sc1C)C(=O)O. The van der Waals surface area contributed by atoms with E-state index in [2.05, 4.69) is 31.8 Å². The molecule has 0 spiro atoms. The number of nitrogens with one attached hydrogen (secondary N) is 1. The lowest BCUT2D eigenvalue weighted by Crippen LogP contribution is -2.23. The predicted molar refractivity (Wildman–Crippen MR) is 67.0 cm³/mol. The second-order valence-corrected chi connectivity index (χ2v) is 5.34. The van der Waals surface area contributed by atoms with Crippen LogP contribution in [-0.4, -0.2) is 17.6 Å². The van der Waals surface area contributed by atoms with E-state index in [1.807, 2.05) is 6.92 Å². The lowest BCUT2D eigenvalue weighted by atomic mass is 10.1. The van der Waals surface area contributed by atoms with Gasteiger partial charge in [-0.3, -0.25) is 0 Å². The first kappa shape index (κ1) is 12.9. The van der Waals surface area contributed by atoms with Gasteiger partial charge in [0, 0.05) is 27.9 Å². The van der Waals surface area contributed by atoms with E-state index < -0.39 is 5.97 Å². The molecule has 1 heterocycles. The summed E-state index contributed by atoms with van der Waals surface area (Å²) in [7, 11) is 0.